The Morgan fingerprint density at radius 3 is 2.60 bits per heavy atom. The van der Waals surface area contributed by atoms with Crippen molar-refractivity contribution < 1.29 is 4.79 Å². The minimum absolute atomic E-state index is 0.0766. The molecule has 1 aliphatic heterocycles. The molecule has 1 heterocycles. The van der Waals surface area contributed by atoms with Crippen LogP contribution in [0.1, 0.15) is 48.8 Å². The Morgan fingerprint density at radius 2 is 1.95 bits per heavy atom. The summed E-state index contributed by atoms with van der Waals surface area (Å²) in [5.41, 5.74) is 11.2. The maximum atomic E-state index is 12.1. The van der Waals surface area contributed by atoms with Crippen LogP contribution >= 0.6 is 0 Å². The predicted molar refractivity (Wildman–Crippen MR) is 82.1 cm³/mol. The molecule has 3 heteroatoms. The molecule has 0 saturated heterocycles. The van der Waals surface area contributed by atoms with E-state index in [0.717, 1.165) is 18.5 Å². The molecule has 1 amide bonds. The Bertz CT molecular complexity index is 544. The van der Waals surface area contributed by atoms with E-state index in [1.165, 1.54) is 36.0 Å². The van der Waals surface area contributed by atoms with Gasteiger partial charge in [0.05, 0.1) is 12.1 Å². The van der Waals surface area contributed by atoms with E-state index in [1.807, 2.05) is 11.9 Å². The number of nitrogens with zero attached hydrogens (tertiary/aromatic N) is 1. The van der Waals surface area contributed by atoms with Crippen LogP contribution in [-0.4, -0.2) is 19.5 Å². The average molecular weight is 272 g/mol. The van der Waals surface area contributed by atoms with E-state index in [4.69, 9.17) is 5.73 Å². The molecule has 0 bridgehead atoms. The molecule has 1 aromatic carbocycles. The summed E-state index contributed by atoms with van der Waals surface area (Å²) in [4.78, 5) is 13.9. The lowest BCUT2D eigenvalue weighted by molar-refractivity contribution is -0.117. The normalized spacial score (nSPS) is 21.1. The van der Waals surface area contributed by atoms with Crippen LogP contribution in [0, 0.1) is 6.92 Å². The molecule has 0 aromatic heterocycles. The van der Waals surface area contributed by atoms with Gasteiger partial charge in [0.15, 0.2) is 0 Å². The average Bonchev–Trinajstić information content (AvgIpc) is 2.73. The number of carbonyl (C=O) groups excluding carboxylic acids is 1. The van der Waals surface area contributed by atoms with E-state index in [0.29, 0.717) is 13.0 Å². The van der Waals surface area contributed by atoms with Gasteiger partial charge in [-0.25, -0.2) is 0 Å². The van der Waals surface area contributed by atoms with Crippen LogP contribution in [-0.2, 0) is 16.6 Å². The molecule has 1 saturated carbocycles. The number of hydrogen-bond acceptors (Lipinski definition) is 2. The van der Waals surface area contributed by atoms with E-state index in [9.17, 15) is 4.79 Å². The van der Waals surface area contributed by atoms with Crippen LogP contribution in [0.15, 0.2) is 12.1 Å². The lowest BCUT2D eigenvalue weighted by Gasteiger charge is -2.39. The van der Waals surface area contributed by atoms with E-state index >= 15 is 0 Å². The first kappa shape index (κ1) is 13.6. The number of fused-ring (bicyclic) bond motifs is 1. The van der Waals surface area contributed by atoms with Crippen molar-refractivity contribution in [3.63, 3.8) is 0 Å². The van der Waals surface area contributed by atoms with E-state index in [2.05, 4.69) is 19.1 Å². The fourth-order valence-corrected chi connectivity index (χ4v) is 4.01. The summed E-state index contributed by atoms with van der Waals surface area (Å²) in [7, 11) is 1.90. The first-order chi connectivity index (χ1) is 9.57. The second-order valence-corrected chi connectivity index (χ2v) is 6.49. The van der Waals surface area contributed by atoms with Crippen LogP contribution in [0.2, 0.25) is 0 Å². The number of benzene rings is 1. The van der Waals surface area contributed by atoms with Gasteiger partial charge in [0, 0.05) is 19.0 Å². The first-order valence-electron chi connectivity index (χ1n) is 7.68. The quantitative estimate of drug-likeness (QED) is 0.899. The van der Waals surface area contributed by atoms with Gasteiger partial charge in [0.1, 0.15) is 0 Å². The largest absolute Gasteiger partial charge is 0.330 e. The number of carbonyl (C=O) groups is 1. The summed E-state index contributed by atoms with van der Waals surface area (Å²) in [5.74, 6) is 0.204. The molecular formula is C17H24N2O. The SMILES string of the molecule is Cc1cc2c(c(C3(CN)CCCCC3)c1)N(C)C(=O)C2. The highest BCUT2D eigenvalue weighted by molar-refractivity contribution is 6.02. The highest BCUT2D eigenvalue weighted by atomic mass is 16.2. The Hall–Kier alpha value is -1.35. The van der Waals surface area contributed by atoms with Crippen LogP contribution in [0.4, 0.5) is 5.69 Å². The Labute approximate surface area is 121 Å². The zero-order valence-corrected chi connectivity index (χ0v) is 12.5. The summed E-state index contributed by atoms with van der Waals surface area (Å²) in [6, 6.07) is 4.43. The smallest absolute Gasteiger partial charge is 0.231 e. The monoisotopic (exact) mass is 272 g/mol. The molecule has 2 N–H and O–H groups in total. The number of likely N-dealkylation sites (N-methyl/N-ethyl adjacent to an activating group) is 1. The third-order valence-corrected chi connectivity index (χ3v) is 5.16. The molecule has 3 rings (SSSR count). The number of rotatable bonds is 2. The second kappa shape index (κ2) is 4.88. The maximum Gasteiger partial charge on any atom is 0.231 e. The summed E-state index contributed by atoms with van der Waals surface area (Å²) in [6.45, 7) is 2.81. The molecule has 0 spiro atoms. The van der Waals surface area contributed by atoms with Gasteiger partial charge in [-0.15, -0.1) is 0 Å². The zero-order chi connectivity index (χ0) is 14.3. The van der Waals surface area contributed by atoms with Crippen molar-refractivity contribution in [1.29, 1.82) is 0 Å². The second-order valence-electron chi connectivity index (χ2n) is 6.49. The van der Waals surface area contributed by atoms with Gasteiger partial charge in [-0.2, -0.15) is 0 Å². The van der Waals surface area contributed by atoms with Gasteiger partial charge in [-0.1, -0.05) is 37.0 Å². The van der Waals surface area contributed by atoms with Gasteiger partial charge in [-0.05, 0) is 30.9 Å². The van der Waals surface area contributed by atoms with Crippen molar-refractivity contribution >= 4 is 11.6 Å². The summed E-state index contributed by atoms with van der Waals surface area (Å²) >= 11 is 0. The number of anilines is 1. The van der Waals surface area contributed by atoms with Crippen LogP contribution in [0.5, 0.6) is 0 Å². The molecule has 1 aliphatic carbocycles. The summed E-state index contributed by atoms with van der Waals surface area (Å²) < 4.78 is 0. The molecule has 0 unspecified atom stereocenters. The molecule has 0 atom stereocenters. The molecule has 0 radical (unpaired) electrons. The molecule has 20 heavy (non-hydrogen) atoms. The summed E-state index contributed by atoms with van der Waals surface area (Å²) in [5, 5.41) is 0. The standard InChI is InChI=1S/C17H24N2O/c1-12-8-13-10-15(20)19(2)16(13)14(9-12)17(11-18)6-4-3-5-7-17/h8-9H,3-7,10-11,18H2,1-2H3. The fraction of sp³-hybridized carbons (Fsp3) is 0.588. The number of amides is 1. The van der Waals surface area contributed by atoms with E-state index in [-0.39, 0.29) is 11.3 Å². The van der Waals surface area contributed by atoms with Gasteiger partial charge in [0.25, 0.3) is 0 Å². The third kappa shape index (κ3) is 1.96. The lowest BCUT2D eigenvalue weighted by Crippen LogP contribution is -2.38. The van der Waals surface area contributed by atoms with Crippen molar-refractivity contribution in [2.75, 3.05) is 18.5 Å². The number of nitrogens with two attached hydrogens (primary N) is 1. The van der Waals surface area contributed by atoms with Gasteiger partial charge in [-0.3, -0.25) is 4.79 Å². The van der Waals surface area contributed by atoms with Crippen molar-refractivity contribution in [2.45, 2.75) is 50.9 Å². The van der Waals surface area contributed by atoms with Crippen molar-refractivity contribution in [2.24, 2.45) is 5.73 Å². The highest BCUT2D eigenvalue weighted by Gasteiger charge is 2.38. The van der Waals surface area contributed by atoms with Crippen molar-refractivity contribution in [3.05, 3.63) is 28.8 Å². The highest BCUT2D eigenvalue weighted by Crippen LogP contribution is 2.46. The van der Waals surface area contributed by atoms with E-state index < -0.39 is 0 Å². The number of hydrogen-bond donors (Lipinski definition) is 1. The summed E-state index contributed by atoms with van der Waals surface area (Å²) in [6.07, 6.45) is 6.66. The van der Waals surface area contributed by atoms with Gasteiger partial charge in [0.2, 0.25) is 5.91 Å². The van der Waals surface area contributed by atoms with Crippen molar-refractivity contribution in [1.82, 2.24) is 0 Å². The Morgan fingerprint density at radius 1 is 1.25 bits per heavy atom. The van der Waals surface area contributed by atoms with Crippen LogP contribution < -0.4 is 10.6 Å². The molecule has 2 aliphatic rings. The van der Waals surface area contributed by atoms with Gasteiger partial charge >= 0.3 is 0 Å². The Kier molecular flexibility index (Phi) is 3.33. The fourth-order valence-electron chi connectivity index (χ4n) is 4.01. The van der Waals surface area contributed by atoms with E-state index in [1.54, 1.807) is 0 Å². The van der Waals surface area contributed by atoms with Gasteiger partial charge < -0.3 is 10.6 Å². The minimum Gasteiger partial charge on any atom is -0.330 e. The maximum absolute atomic E-state index is 12.1. The Balaban J connectivity index is 2.16. The predicted octanol–water partition coefficient (Wildman–Crippen LogP) is 2.67. The van der Waals surface area contributed by atoms with Crippen LogP contribution in [0.25, 0.3) is 0 Å². The first-order valence-corrected chi connectivity index (χ1v) is 7.68. The molecule has 1 aromatic rings. The number of aryl methyl sites for hydroxylation is 1. The molecule has 108 valence electrons. The van der Waals surface area contributed by atoms with Crippen molar-refractivity contribution in [3.8, 4) is 0 Å². The van der Waals surface area contributed by atoms with Crippen LogP contribution in [0.3, 0.4) is 0 Å². The zero-order valence-electron chi connectivity index (χ0n) is 12.5. The minimum atomic E-state index is 0.0766. The molecular weight excluding hydrogens is 248 g/mol. The molecule has 1 fully saturated rings. The topological polar surface area (TPSA) is 46.3 Å². The third-order valence-electron chi connectivity index (χ3n) is 5.16. The lowest BCUT2D eigenvalue weighted by atomic mass is 9.68. The molecule has 3 nitrogen and oxygen atoms in total.